The first kappa shape index (κ1) is 15.3. The van der Waals surface area contributed by atoms with Gasteiger partial charge in [-0.05, 0) is 48.9 Å². The van der Waals surface area contributed by atoms with E-state index in [4.69, 9.17) is 4.74 Å². The number of hydrogen-bond acceptors (Lipinski definition) is 3. The van der Waals surface area contributed by atoms with Crippen LogP contribution in [-0.2, 0) is 0 Å². The van der Waals surface area contributed by atoms with Crippen LogP contribution in [0.2, 0.25) is 0 Å². The molecule has 0 spiro atoms. The topological polar surface area (TPSA) is 45.0 Å². The number of nitrogens with one attached hydrogen (secondary N) is 1. The molecule has 2 aromatic rings. The fraction of sp³-hybridized carbons (Fsp3) is 0.188. The molecule has 0 amide bonds. The van der Waals surface area contributed by atoms with E-state index in [1.165, 1.54) is 12.1 Å². The molecule has 0 aliphatic rings. The molecule has 0 radical (unpaired) electrons. The lowest BCUT2D eigenvalue weighted by Crippen LogP contribution is -2.09. The van der Waals surface area contributed by atoms with Crippen molar-refractivity contribution < 1.29 is 9.13 Å². The van der Waals surface area contributed by atoms with E-state index < -0.39 is 6.04 Å². The fourth-order valence-corrected chi connectivity index (χ4v) is 2.51. The number of methoxy groups -OCH3 is 1. The third-order valence-electron chi connectivity index (χ3n) is 3.00. The number of ether oxygens (including phenoxy) is 1. The van der Waals surface area contributed by atoms with E-state index in [0.29, 0.717) is 11.4 Å². The van der Waals surface area contributed by atoms with E-state index in [0.717, 1.165) is 15.6 Å². The molecule has 2 rings (SSSR count). The third kappa shape index (κ3) is 3.73. The van der Waals surface area contributed by atoms with Gasteiger partial charge < -0.3 is 10.1 Å². The second kappa shape index (κ2) is 6.59. The van der Waals surface area contributed by atoms with Gasteiger partial charge in [0.2, 0.25) is 0 Å². The Morgan fingerprint density at radius 3 is 2.67 bits per heavy atom. The standard InChI is InChI=1S/C16H14BrFN2O/c1-10-5-11(18)7-12(6-10)20-16(9-19)14-8-13(21-2)3-4-15(14)17/h3-8,16,20H,1-2H3. The summed E-state index contributed by atoms with van der Waals surface area (Å²) in [6.07, 6.45) is 0. The molecule has 0 aliphatic carbocycles. The first-order chi connectivity index (χ1) is 10.0. The Morgan fingerprint density at radius 2 is 2.05 bits per heavy atom. The van der Waals surface area contributed by atoms with Crippen molar-refractivity contribution >= 4 is 21.6 Å². The van der Waals surface area contributed by atoms with Gasteiger partial charge in [-0.1, -0.05) is 15.9 Å². The number of aryl methyl sites for hydroxylation is 1. The summed E-state index contributed by atoms with van der Waals surface area (Å²) < 4.78 is 19.4. The number of nitriles is 1. The molecule has 0 saturated heterocycles. The van der Waals surface area contributed by atoms with Crippen LogP contribution < -0.4 is 10.1 Å². The summed E-state index contributed by atoms with van der Waals surface area (Å²) >= 11 is 3.42. The van der Waals surface area contributed by atoms with Crippen molar-refractivity contribution in [1.82, 2.24) is 0 Å². The van der Waals surface area contributed by atoms with Gasteiger partial charge >= 0.3 is 0 Å². The van der Waals surface area contributed by atoms with Gasteiger partial charge in [-0.15, -0.1) is 0 Å². The lowest BCUT2D eigenvalue weighted by atomic mass is 10.1. The Hall–Kier alpha value is -2.06. The number of hydrogen-bond donors (Lipinski definition) is 1. The van der Waals surface area contributed by atoms with Gasteiger partial charge in [-0.25, -0.2) is 4.39 Å². The zero-order chi connectivity index (χ0) is 15.4. The summed E-state index contributed by atoms with van der Waals surface area (Å²) in [6.45, 7) is 1.80. The van der Waals surface area contributed by atoms with Crippen LogP contribution in [0.25, 0.3) is 0 Å². The minimum atomic E-state index is -0.615. The van der Waals surface area contributed by atoms with Crippen LogP contribution in [0.5, 0.6) is 5.75 Å². The highest BCUT2D eigenvalue weighted by Crippen LogP contribution is 2.30. The van der Waals surface area contributed by atoms with Crippen LogP contribution in [0.15, 0.2) is 40.9 Å². The molecule has 21 heavy (non-hydrogen) atoms. The van der Waals surface area contributed by atoms with Crippen LogP contribution in [-0.4, -0.2) is 7.11 Å². The van der Waals surface area contributed by atoms with Crippen molar-refractivity contribution in [2.75, 3.05) is 12.4 Å². The lowest BCUT2D eigenvalue weighted by Gasteiger charge is -2.16. The Bertz CT molecular complexity index is 677. The maximum atomic E-state index is 13.4. The number of anilines is 1. The molecule has 1 unspecified atom stereocenters. The molecule has 5 heteroatoms. The maximum Gasteiger partial charge on any atom is 0.141 e. The quantitative estimate of drug-likeness (QED) is 0.879. The highest BCUT2D eigenvalue weighted by atomic mass is 79.9. The molecule has 0 fully saturated rings. The number of rotatable bonds is 4. The van der Waals surface area contributed by atoms with Crippen molar-refractivity contribution in [2.24, 2.45) is 0 Å². The monoisotopic (exact) mass is 348 g/mol. The van der Waals surface area contributed by atoms with Crippen LogP contribution in [0.4, 0.5) is 10.1 Å². The van der Waals surface area contributed by atoms with Gasteiger partial charge in [-0.3, -0.25) is 0 Å². The van der Waals surface area contributed by atoms with Gasteiger partial charge in [0.1, 0.15) is 17.6 Å². The molecule has 0 aliphatic heterocycles. The second-order valence-electron chi connectivity index (χ2n) is 4.61. The molecule has 1 N–H and O–H groups in total. The summed E-state index contributed by atoms with van der Waals surface area (Å²) in [5, 5.41) is 12.4. The summed E-state index contributed by atoms with van der Waals surface area (Å²) in [5.74, 6) is 0.324. The third-order valence-corrected chi connectivity index (χ3v) is 3.72. The van der Waals surface area contributed by atoms with E-state index in [9.17, 15) is 9.65 Å². The van der Waals surface area contributed by atoms with Crippen LogP contribution in [0, 0.1) is 24.1 Å². The SMILES string of the molecule is COc1ccc(Br)c(C(C#N)Nc2cc(C)cc(F)c2)c1. The smallest absolute Gasteiger partial charge is 0.141 e. The minimum Gasteiger partial charge on any atom is -0.497 e. The average molecular weight is 349 g/mol. The van der Waals surface area contributed by atoms with Crippen molar-refractivity contribution in [2.45, 2.75) is 13.0 Å². The van der Waals surface area contributed by atoms with Crippen LogP contribution >= 0.6 is 15.9 Å². The molecule has 1 atom stereocenters. The predicted molar refractivity (Wildman–Crippen MR) is 83.8 cm³/mol. The summed E-state index contributed by atoms with van der Waals surface area (Å²) in [6, 6.07) is 11.6. The minimum absolute atomic E-state index is 0.334. The van der Waals surface area contributed by atoms with Crippen molar-refractivity contribution in [3.8, 4) is 11.8 Å². The molecule has 2 aromatic carbocycles. The van der Waals surface area contributed by atoms with E-state index in [2.05, 4.69) is 27.3 Å². The lowest BCUT2D eigenvalue weighted by molar-refractivity contribution is 0.414. The predicted octanol–water partition coefficient (Wildman–Crippen LogP) is 4.58. The molecule has 0 bridgehead atoms. The highest BCUT2D eigenvalue weighted by Gasteiger charge is 2.15. The Kier molecular flexibility index (Phi) is 4.81. The first-order valence-corrected chi connectivity index (χ1v) is 7.09. The van der Waals surface area contributed by atoms with Gasteiger partial charge in [0.05, 0.1) is 13.2 Å². The van der Waals surface area contributed by atoms with Crippen LogP contribution in [0.1, 0.15) is 17.2 Å². The average Bonchev–Trinajstić information content (AvgIpc) is 2.44. The van der Waals surface area contributed by atoms with Crippen LogP contribution in [0.3, 0.4) is 0 Å². The Labute approximate surface area is 131 Å². The number of benzene rings is 2. The molecule has 0 aromatic heterocycles. The molecular formula is C16H14BrFN2O. The molecule has 108 valence electrons. The summed E-state index contributed by atoms with van der Waals surface area (Å²) in [7, 11) is 1.57. The van der Waals surface area contributed by atoms with E-state index in [1.807, 2.05) is 6.07 Å². The van der Waals surface area contributed by atoms with Gasteiger partial charge in [-0.2, -0.15) is 5.26 Å². The highest BCUT2D eigenvalue weighted by molar-refractivity contribution is 9.10. The van der Waals surface area contributed by atoms with Crippen molar-refractivity contribution in [3.63, 3.8) is 0 Å². The van der Waals surface area contributed by atoms with Gasteiger partial charge in [0, 0.05) is 15.7 Å². The Morgan fingerprint density at radius 1 is 1.29 bits per heavy atom. The zero-order valence-corrected chi connectivity index (χ0v) is 13.2. The first-order valence-electron chi connectivity index (χ1n) is 6.30. The maximum absolute atomic E-state index is 13.4. The zero-order valence-electron chi connectivity index (χ0n) is 11.7. The summed E-state index contributed by atoms with van der Waals surface area (Å²) in [5.41, 5.74) is 2.09. The second-order valence-corrected chi connectivity index (χ2v) is 5.47. The number of nitrogens with zero attached hydrogens (tertiary/aromatic N) is 1. The molecule has 0 heterocycles. The molecule has 3 nitrogen and oxygen atoms in total. The largest absolute Gasteiger partial charge is 0.497 e. The molecule has 0 saturated carbocycles. The normalized spacial score (nSPS) is 11.6. The van der Waals surface area contributed by atoms with Gasteiger partial charge in [0.25, 0.3) is 0 Å². The number of halogens is 2. The van der Waals surface area contributed by atoms with Gasteiger partial charge in [0.15, 0.2) is 0 Å². The Balaban J connectivity index is 2.34. The summed E-state index contributed by atoms with van der Waals surface area (Å²) in [4.78, 5) is 0. The molecular weight excluding hydrogens is 335 g/mol. The van der Waals surface area contributed by atoms with Crippen molar-refractivity contribution in [1.29, 1.82) is 5.26 Å². The van der Waals surface area contributed by atoms with E-state index in [-0.39, 0.29) is 5.82 Å². The van der Waals surface area contributed by atoms with Crippen molar-refractivity contribution in [3.05, 3.63) is 57.8 Å². The fourth-order valence-electron chi connectivity index (χ4n) is 2.04. The van der Waals surface area contributed by atoms with E-state index >= 15 is 0 Å². The van der Waals surface area contributed by atoms with E-state index in [1.54, 1.807) is 32.2 Å².